The molecular formula is C20H22N2O4S2. The van der Waals surface area contributed by atoms with Gasteiger partial charge in [0.05, 0.1) is 4.91 Å². The summed E-state index contributed by atoms with van der Waals surface area (Å²) >= 11 is 3.24. The highest BCUT2D eigenvalue weighted by molar-refractivity contribution is 8.08. The third-order valence-electron chi connectivity index (χ3n) is 4.67. The maximum absolute atomic E-state index is 11.3. The fourth-order valence-electron chi connectivity index (χ4n) is 3.25. The van der Waals surface area contributed by atoms with Crippen molar-refractivity contribution in [3.05, 3.63) is 53.2 Å². The number of benzene rings is 1. The minimum atomic E-state index is -0.775. The summed E-state index contributed by atoms with van der Waals surface area (Å²) in [6.07, 6.45) is 3.21. The Labute approximate surface area is 172 Å². The Morgan fingerprint density at radius 1 is 1.43 bits per heavy atom. The molecule has 0 amide bonds. The molecule has 1 saturated heterocycles. The molecule has 1 aromatic heterocycles. The lowest BCUT2D eigenvalue weighted by Gasteiger charge is -2.20. The maximum atomic E-state index is 11.3. The second-order valence-corrected chi connectivity index (χ2v) is 9.02. The zero-order valence-corrected chi connectivity index (χ0v) is 17.2. The van der Waals surface area contributed by atoms with Gasteiger partial charge in [0.25, 0.3) is 0 Å². The van der Waals surface area contributed by atoms with Gasteiger partial charge < -0.3 is 14.3 Å². The molecule has 2 aliphatic heterocycles. The van der Waals surface area contributed by atoms with Gasteiger partial charge in [-0.15, -0.1) is 23.5 Å². The van der Waals surface area contributed by atoms with Crippen molar-refractivity contribution in [3.8, 4) is 5.75 Å². The molecule has 6 nitrogen and oxygen atoms in total. The average Bonchev–Trinajstić information content (AvgIpc) is 3.41. The summed E-state index contributed by atoms with van der Waals surface area (Å²) in [6, 6.07) is 7.80. The van der Waals surface area contributed by atoms with Crippen molar-refractivity contribution in [2.75, 3.05) is 18.1 Å². The molecule has 0 aliphatic carbocycles. The first kappa shape index (κ1) is 19.4. The second kappa shape index (κ2) is 8.63. The molecule has 0 bridgehead atoms. The third-order valence-corrected chi connectivity index (χ3v) is 6.99. The molecule has 8 heteroatoms. The van der Waals surface area contributed by atoms with Gasteiger partial charge in [-0.25, -0.2) is 9.78 Å². The zero-order chi connectivity index (χ0) is 19.5. The molecule has 3 heterocycles. The first-order valence-corrected chi connectivity index (χ1v) is 11.2. The summed E-state index contributed by atoms with van der Waals surface area (Å²) in [7, 11) is 0. The second-order valence-electron chi connectivity index (χ2n) is 6.70. The molecule has 2 aliphatic rings. The Morgan fingerprint density at radius 2 is 2.32 bits per heavy atom. The summed E-state index contributed by atoms with van der Waals surface area (Å²) < 4.78 is 11.7. The standard InChI is InChI=1S/C20H22N2O4S2/c1-13-16(21-18(26-13)17-6-3-8-27-17)12-25-15-5-2-4-14(10-15)11-22-7-9-28-19(22)20(23)24/h2,4-6,10,19H,3,7-9,11-12H2,1H3,(H,23,24). The van der Waals surface area contributed by atoms with Crippen LogP contribution >= 0.6 is 23.5 Å². The van der Waals surface area contributed by atoms with Crippen LogP contribution in [-0.4, -0.2) is 44.4 Å². The normalized spacial score (nSPS) is 19.8. The lowest BCUT2D eigenvalue weighted by atomic mass is 10.2. The van der Waals surface area contributed by atoms with E-state index in [4.69, 9.17) is 9.15 Å². The fraction of sp³-hybridized carbons (Fsp3) is 0.400. The highest BCUT2D eigenvalue weighted by Gasteiger charge is 2.31. The van der Waals surface area contributed by atoms with Crippen molar-refractivity contribution in [1.82, 2.24) is 9.88 Å². The number of thioether (sulfide) groups is 2. The van der Waals surface area contributed by atoms with Gasteiger partial charge in [-0.3, -0.25) is 4.90 Å². The van der Waals surface area contributed by atoms with E-state index < -0.39 is 11.3 Å². The quantitative estimate of drug-likeness (QED) is 0.723. The van der Waals surface area contributed by atoms with Gasteiger partial charge in [-0.1, -0.05) is 18.2 Å². The number of carbonyl (C=O) groups is 1. The topological polar surface area (TPSA) is 75.8 Å². The van der Waals surface area contributed by atoms with Gasteiger partial charge in [0.2, 0.25) is 5.89 Å². The smallest absolute Gasteiger partial charge is 0.331 e. The van der Waals surface area contributed by atoms with Crippen LogP contribution in [-0.2, 0) is 17.9 Å². The van der Waals surface area contributed by atoms with Crippen LogP contribution in [0.1, 0.15) is 29.3 Å². The Balaban J connectivity index is 1.39. The monoisotopic (exact) mass is 418 g/mol. The summed E-state index contributed by atoms with van der Waals surface area (Å²) in [5.41, 5.74) is 1.84. The van der Waals surface area contributed by atoms with Crippen LogP contribution in [0.2, 0.25) is 0 Å². The zero-order valence-electron chi connectivity index (χ0n) is 15.6. The van der Waals surface area contributed by atoms with E-state index in [0.29, 0.717) is 19.0 Å². The summed E-state index contributed by atoms with van der Waals surface area (Å²) in [4.78, 5) is 19.0. The summed E-state index contributed by atoms with van der Waals surface area (Å²) in [6.45, 7) is 3.62. The van der Waals surface area contributed by atoms with Gasteiger partial charge in [0.15, 0.2) is 5.37 Å². The SMILES string of the molecule is Cc1oc(C2=CCCS2)nc1COc1cccc(CN2CCSC2C(=O)O)c1. The van der Waals surface area contributed by atoms with Gasteiger partial charge in [0.1, 0.15) is 23.8 Å². The highest BCUT2D eigenvalue weighted by Crippen LogP contribution is 2.34. The van der Waals surface area contributed by atoms with Gasteiger partial charge in [-0.2, -0.15) is 0 Å². The van der Waals surface area contributed by atoms with Crippen LogP contribution in [0.15, 0.2) is 34.8 Å². The molecular weight excluding hydrogens is 396 g/mol. The van der Waals surface area contributed by atoms with E-state index in [2.05, 4.69) is 11.1 Å². The number of carboxylic acid groups (broad SMARTS) is 1. The number of ether oxygens (including phenoxy) is 1. The van der Waals surface area contributed by atoms with Crippen LogP contribution in [0.4, 0.5) is 0 Å². The van der Waals surface area contributed by atoms with E-state index in [9.17, 15) is 9.90 Å². The number of oxazole rings is 1. The van der Waals surface area contributed by atoms with E-state index in [1.165, 1.54) is 11.8 Å². The first-order chi connectivity index (χ1) is 13.6. The molecule has 1 atom stereocenters. The van der Waals surface area contributed by atoms with Crippen molar-refractivity contribution in [1.29, 1.82) is 0 Å². The molecule has 28 heavy (non-hydrogen) atoms. The van der Waals surface area contributed by atoms with Crippen molar-refractivity contribution in [2.24, 2.45) is 0 Å². The number of hydrogen-bond donors (Lipinski definition) is 1. The molecule has 0 saturated carbocycles. The van der Waals surface area contributed by atoms with Crippen LogP contribution in [0.3, 0.4) is 0 Å². The number of hydrogen-bond acceptors (Lipinski definition) is 7. The number of allylic oxidation sites excluding steroid dienone is 1. The van der Waals surface area contributed by atoms with Crippen molar-refractivity contribution in [2.45, 2.75) is 31.9 Å². The van der Waals surface area contributed by atoms with Crippen LogP contribution < -0.4 is 4.74 Å². The first-order valence-electron chi connectivity index (χ1n) is 9.20. The van der Waals surface area contributed by atoms with E-state index in [-0.39, 0.29) is 0 Å². The molecule has 1 N–H and O–H groups in total. The Morgan fingerprint density at radius 3 is 3.11 bits per heavy atom. The molecule has 0 radical (unpaired) electrons. The predicted octanol–water partition coefficient (Wildman–Crippen LogP) is 4.00. The lowest BCUT2D eigenvalue weighted by molar-refractivity contribution is -0.139. The van der Waals surface area contributed by atoms with Crippen molar-refractivity contribution < 1.29 is 19.1 Å². The maximum Gasteiger partial charge on any atom is 0.331 e. The molecule has 4 rings (SSSR count). The summed E-state index contributed by atoms with van der Waals surface area (Å²) in [5.74, 6) is 3.34. The molecule has 2 aromatic rings. The molecule has 1 fully saturated rings. The Kier molecular flexibility index (Phi) is 5.99. The Bertz CT molecular complexity index is 896. The molecule has 148 valence electrons. The average molecular weight is 419 g/mol. The fourth-order valence-corrected chi connectivity index (χ4v) is 5.25. The minimum Gasteiger partial charge on any atom is -0.487 e. The van der Waals surface area contributed by atoms with Gasteiger partial charge in [0, 0.05) is 24.6 Å². The molecule has 1 aromatic carbocycles. The minimum absolute atomic E-state index is 0.341. The van der Waals surface area contributed by atoms with E-state index in [1.54, 1.807) is 11.8 Å². The van der Waals surface area contributed by atoms with Crippen LogP contribution in [0, 0.1) is 6.92 Å². The lowest BCUT2D eigenvalue weighted by Crippen LogP contribution is -2.33. The van der Waals surface area contributed by atoms with E-state index in [0.717, 1.165) is 52.1 Å². The Hall–Kier alpha value is -1.90. The van der Waals surface area contributed by atoms with Gasteiger partial charge in [-0.05, 0) is 31.0 Å². The molecule has 0 spiro atoms. The third kappa shape index (κ3) is 4.39. The van der Waals surface area contributed by atoms with Crippen LogP contribution in [0.5, 0.6) is 5.75 Å². The largest absolute Gasteiger partial charge is 0.487 e. The summed E-state index contributed by atoms with van der Waals surface area (Å²) in [5, 5.41) is 8.86. The van der Waals surface area contributed by atoms with Crippen molar-refractivity contribution in [3.63, 3.8) is 0 Å². The number of rotatable bonds is 7. The van der Waals surface area contributed by atoms with E-state index in [1.807, 2.05) is 36.1 Å². The van der Waals surface area contributed by atoms with Crippen LogP contribution in [0.25, 0.3) is 4.91 Å². The number of aromatic nitrogens is 1. The van der Waals surface area contributed by atoms with E-state index >= 15 is 0 Å². The highest BCUT2D eigenvalue weighted by atomic mass is 32.2. The van der Waals surface area contributed by atoms with Crippen molar-refractivity contribution >= 4 is 34.4 Å². The number of carboxylic acids is 1. The van der Waals surface area contributed by atoms with Gasteiger partial charge >= 0.3 is 5.97 Å². The predicted molar refractivity (Wildman–Crippen MR) is 111 cm³/mol. The number of aryl methyl sites for hydroxylation is 1. The number of aliphatic carboxylic acids is 1. The molecule has 1 unspecified atom stereocenters. The number of nitrogens with zero attached hydrogens (tertiary/aromatic N) is 2.